The SMILES string of the molecule is CC1C(Cl)(Cl)C1(c1ccccc1)c1ccccc1. The molecule has 1 atom stereocenters. The largest absolute Gasteiger partial charge is 0.136 e. The molecule has 0 radical (unpaired) electrons. The molecule has 0 bridgehead atoms. The number of alkyl halides is 2. The predicted octanol–water partition coefficient (Wildman–Crippen LogP) is 4.80. The first-order valence-corrected chi connectivity index (χ1v) is 6.86. The van der Waals surface area contributed by atoms with E-state index in [9.17, 15) is 0 Å². The van der Waals surface area contributed by atoms with Gasteiger partial charge in [-0.3, -0.25) is 0 Å². The number of rotatable bonds is 2. The topological polar surface area (TPSA) is 0 Å². The van der Waals surface area contributed by atoms with Crippen molar-refractivity contribution in [1.82, 2.24) is 0 Å². The average molecular weight is 277 g/mol. The van der Waals surface area contributed by atoms with Crippen LogP contribution in [0.4, 0.5) is 0 Å². The van der Waals surface area contributed by atoms with Gasteiger partial charge in [0.05, 0.1) is 5.41 Å². The molecule has 0 spiro atoms. The van der Waals surface area contributed by atoms with Gasteiger partial charge in [-0.15, -0.1) is 0 Å². The van der Waals surface area contributed by atoms with Gasteiger partial charge in [-0.1, -0.05) is 90.8 Å². The monoisotopic (exact) mass is 276 g/mol. The van der Waals surface area contributed by atoms with Gasteiger partial charge in [0.1, 0.15) is 4.33 Å². The maximum Gasteiger partial charge on any atom is 0.136 e. The van der Waals surface area contributed by atoms with Crippen LogP contribution in [0.1, 0.15) is 18.1 Å². The first kappa shape index (κ1) is 12.1. The first-order chi connectivity index (χ1) is 8.62. The third-order valence-electron chi connectivity index (χ3n) is 4.09. The first-order valence-electron chi connectivity index (χ1n) is 6.10. The van der Waals surface area contributed by atoms with Crippen molar-refractivity contribution in [2.45, 2.75) is 16.7 Å². The summed E-state index contributed by atoms with van der Waals surface area (Å²) in [5, 5.41) is 0. The highest BCUT2D eigenvalue weighted by Gasteiger charge is 2.74. The maximum absolute atomic E-state index is 6.55. The average Bonchev–Trinajstić information content (AvgIpc) is 2.86. The molecule has 18 heavy (non-hydrogen) atoms. The third-order valence-corrected chi connectivity index (χ3v) is 5.34. The Kier molecular flexibility index (Phi) is 2.69. The van der Waals surface area contributed by atoms with Crippen LogP contribution in [0.2, 0.25) is 0 Å². The Morgan fingerprint density at radius 1 is 0.778 bits per heavy atom. The van der Waals surface area contributed by atoms with E-state index in [1.807, 2.05) is 36.4 Å². The number of hydrogen-bond acceptors (Lipinski definition) is 0. The maximum atomic E-state index is 6.55. The Hall–Kier alpha value is -0.980. The fraction of sp³-hybridized carbons (Fsp3) is 0.250. The van der Waals surface area contributed by atoms with Crippen LogP contribution in [-0.4, -0.2) is 4.33 Å². The Morgan fingerprint density at radius 2 is 1.11 bits per heavy atom. The van der Waals surface area contributed by atoms with Crippen molar-refractivity contribution in [3.05, 3.63) is 71.8 Å². The van der Waals surface area contributed by atoms with Gasteiger partial charge < -0.3 is 0 Å². The number of hydrogen-bond donors (Lipinski definition) is 0. The molecule has 1 unspecified atom stereocenters. The fourth-order valence-corrected chi connectivity index (χ4v) is 4.01. The zero-order valence-electron chi connectivity index (χ0n) is 10.1. The van der Waals surface area contributed by atoms with Gasteiger partial charge in [0, 0.05) is 5.92 Å². The second-order valence-corrected chi connectivity index (χ2v) is 6.27. The highest BCUT2D eigenvalue weighted by molar-refractivity contribution is 6.53. The second-order valence-electron chi connectivity index (χ2n) is 4.88. The highest BCUT2D eigenvalue weighted by Crippen LogP contribution is 2.72. The van der Waals surface area contributed by atoms with Crippen LogP contribution < -0.4 is 0 Å². The van der Waals surface area contributed by atoms with E-state index in [2.05, 4.69) is 31.2 Å². The Balaban J connectivity index is 2.20. The van der Waals surface area contributed by atoms with Gasteiger partial charge >= 0.3 is 0 Å². The summed E-state index contributed by atoms with van der Waals surface area (Å²) in [6.45, 7) is 2.11. The molecule has 1 fully saturated rings. The molecular formula is C16H14Cl2. The van der Waals surface area contributed by atoms with Gasteiger partial charge in [0.2, 0.25) is 0 Å². The Labute approximate surface area is 118 Å². The third kappa shape index (κ3) is 1.39. The molecule has 0 saturated heterocycles. The van der Waals surface area contributed by atoms with Crippen molar-refractivity contribution in [3.63, 3.8) is 0 Å². The van der Waals surface area contributed by atoms with Crippen molar-refractivity contribution in [1.29, 1.82) is 0 Å². The van der Waals surface area contributed by atoms with Crippen molar-refractivity contribution in [3.8, 4) is 0 Å². The molecule has 3 rings (SSSR count). The molecular weight excluding hydrogens is 263 g/mol. The minimum absolute atomic E-state index is 0.207. The van der Waals surface area contributed by atoms with Crippen LogP contribution in [0, 0.1) is 5.92 Å². The lowest BCUT2D eigenvalue weighted by Crippen LogP contribution is -2.17. The molecule has 2 aromatic carbocycles. The quantitative estimate of drug-likeness (QED) is 0.692. The summed E-state index contributed by atoms with van der Waals surface area (Å²) in [7, 11) is 0. The van der Waals surface area contributed by atoms with Crippen LogP contribution in [0.15, 0.2) is 60.7 Å². The summed E-state index contributed by atoms with van der Waals surface area (Å²) in [6.07, 6.45) is 0. The second kappa shape index (κ2) is 4.01. The van der Waals surface area contributed by atoms with Crippen LogP contribution in [0.25, 0.3) is 0 Å². The van der Waals surface area contributed by atoms with Crippen LogP contribution in [0.5, 0.6) is 0 Å². The standard InChI is InChI=1S/C16H14Cl2/c1-12-15(16(12,17)18,13-8-4-2-5-9-13)14-10-6-3-7-11-14/h2-12H,1H3. The summed E-state index contributed by atoms with van der Waals surface area (Å²) in [6, 6.07) is 20.6. The molecule has 2 heteroatoms. The minimum atomic E-state index is -0.726. The Bertz CT molecular complexity index is 506. The van der Waals surface area contributed by atoms with Crippen molar-refractivity contribution < 1.29 is 0 Å². The summed E-state index contributed by atoms with van der Waals surface area (Å²) < 4.78 is -0.726. The van der Waals surface area contributed by atoms with Crippen molar-refractivity contribution in [2.75, 3.05) is 0 Å². The summed E-state index contributed by atoms with van der Waals surface area (Å²) in [4.78, 5) is 0. The fourth-order valence-electron chi connectivity index (χ4n) is 3.03. The molecule has 1 saturated carbocycles. The molecule has 0 amide bonds. The van der Waals surface area contributed by atoms with E-state index in [1.54, 1.807) is 0 Å². The Morgan fingerprint density at radius 3 is 1.39 bits per heavy atom. The molecule has 0 aromatic heterocycles. The van der Waals surface area contributed by atoms with Crippen molar-refractivity contribution >= 4 is 23.2 Å². The van der Waals surface area contributed by atoms with E-state index in [4.69, 9.17) is 23.2 Å². The van der Waals surface area contributed by atoms with Crippen molar-refractivity contribution in [2.24, 2.45) is 5.92 Å². The molecule has 0 aliphatic heterocycles. The molecule has 2 aromatic rings. The normalized spacial score (nSPS) is 23.6. The van der Waals surface area contributed by atoms with E-state index in [-0.39, 0.29) is 11.3 Å². The smallest absolute Gasteiger partial charge is 0.0999 e. The van der Waals surface area contributed by atoms with E-state index < -0.39 is 4.33 Å². The van der Waals surface area contributed by atoms with E-state index >= 15 is 0 Å². The molecule has 0 heterocycles. The van der Waals surface area contributed by atoms with Gasteiger partial charge in [-0.05, 0) is 11.1 Å². The van der Waals surface area contributed by atoms with E-state index in [0.717, 1.165) is 0 Å². The molecule has 92 valence electrons. The number of benzene rings is 2. The lowest BCUT2D eigenvalue weighted by Gasteiger charge is -2.19. The highest BCUT2D eigenvalue weighted by atomic mass is 35.5. The van der Waals surface area contributed by atoms with E-state index in [1.165, 1.54) is 11.1 Å². The minimum Gasteiger partial charge on any atom is -0.0999 e. The zero-order chi connectivity index (χ0) is 12.8. The lowest BCUT2D eigenvalue weighted by molar-refractivity contribution is 0.748. The zero-order valence-corrected chi connectivity index (χ0v) is 11.6. The van der Waals surface area contributed by atoms with Gasteiger partial charge in [0.15, 0.2) is 0 Å². The molecule has 0 nitrogen and oxygen atoms in total. The van der Waals surface area contributed by atoms with Gasteiger partial charge in [0.25, 0.3) is 0 Å². The summed E-state index contributed by atoms with van der Waals surface area (Å²) in [5.74, 6) is 0.207. The molecule has 1 aliphatic carbocycles. The summed E-state index contributed by atoms with van der Waals surface area (Å²) >= 11 is 13.1. The van der Waals surface area contributed by atoms with E-state index in [0.29, 0.717) is 0 Å². The number of halogens is 2. The predicted molar refractivity (Wildman–Crippen MR) is 77.3 cm³/mol. The van der Waals surface area contributed by atoms with Gasteiger partial charge in [-0.25, -0.2) is 0 Å². The van der Waals surface area contributed by atoms with Crippen LogP contribution >= 0.6 is 23.2 Å². The summed E-state index contributed by atoms with van der Waals surface area (Å²) in [5.41, 5.74) is 2.10. The van der Waals surface area contributed by atoms with Crippen LogP contribution in [0.3, 0.4) is 0 Å². The van der Waals surface area contributed by atoms with Gasteiger partial charge in [-0.2, -0.15) is 0 Å². The molecule has 1 aliphatic rings. The van der Waals surface area contributed by atoms with Crippen LogP contribution in [-0.2, 0) is 5.41 Å². The molecule has 0 N–H and O–H groups in total. The lowest BCUT2D eigenvalue weighted by atomic mass is 9.86.